The monoisotopic (exact) mass is 315 g/mol. The molecule has 0 aliphatic carbocycles. The molecule has 0 aromatic carbocycles. The summed E-state index contributed by atoms with van der Waals surface area (Å²) < 4.78 is 11.3. The lowest BCUT2D eigenvalue weighted by molar-refractivity contribution is 0.200. The van der Waals surface area contributed by atoms with Crippen molar-refractivity contribution in [3.8, 4) is 0 Å². The van der Waals surface area contributed by atoms with Crippen LogP contribution in [0.15, 0.2) is 14.9 Å². The van der Waals surface area contributed by atoms with Crippen LogP contribution in [0.3, 0.4) is 0 Å². The molecule has 0 atom stereocenters. The number of hydrogen-bond acceptors (Lipinski definition) is 7. The van der Waals surface area contributed by atoms with Gasteiger partial charge in [-0.05, 0) is 28.7 Å². The van der Waals surface area contributed by atoms with E-state index in [4.69, 9.17) is 4.74 Å². The Hall–Kier alpha value is -0.500. The van der Waals surface area contributed by atoms with Crippen LogP contribution < -0.4 is 0 Å². The molecule has 104 valence electrons. The van der Waals surface area contributed by atoms with Crippen molar-refractivity contribution in [3.05, 3.63) is 16.9 Å². The van der Waals surface area contributed by atoms with Gasteiger partial charge in [-0.2, -0.15) is 4.37 Å². The number of methoxy groups -OCH3 is 1. The molecule has 4 nitrogen and oxygen atoms in total. The van der Waals surface area contributed by atoms with Crippen molar-refractivity contribution < 1.29 is 4.74 Å². The van der Waals surface area contributed by atoms with Crippen molar-refractivity contribution in [1.82, 2.24) is 14.3 Å². The second-order valence-corrected chi connectivity index (χ2v) is 8.34. The molecule has 0 unspecified atom stereocenters. The quantitative estimate of drug-likeness (QED) is 0.843. The zero-order valence-corrected chi connectivity index (χ0v) is 13.9. The number of ether oxygens (including phenoxy) is 1. The summed E-state index contributed by atoms with van der Waals surface area (Å²) in [5.74, 6) is 0.849. The van der Waals surface area contributed by atoms with Crippen molar-refractivity contribution in [3.63, 3.8) is 0 Å². The fourth-order valence-electron chi connectivity index (χ4n) is 1.30. The first-order valence-corrected chi connectivity index (χ1v) is 8.35. The van der Waals surface area contributed by atoms with E-state index in [1.165, 1.54) is 16.4 Å². The smallest absolute Gasteiger partial charge is 0.177 e. The van der Waals surface area contributed by atoms with Crippen molar-refractivity contribution in [2.75, 3.05) is 13.7 Å². The molecule has 0 radical (unpaired) electrons. The van der Waals surface area contributed by atoms with E-state index >= 15 is 0 Å². The van der Waals surface area contributed by atoms with Crippen LogP contribution in [-0.2, 0) is 16.6 Å². The van der Waals surface area contributed by atoms with Crippen LogP contribution in [0.2, 0.25) is 0 Å². The summed E-state index contributed by atoms with van der Waals surface area (Å²) in [5, 5.41) is 0. The largest absolute Gasteiger partial charge is 0.384 e. The van der Waals surface area contributed by atoms with E-state index in [-0.39, 0.29) is 5.41 Å². The molecule has 0 N–H and O–H groups in total. The Morgan fingerprint density at radius 1 is 1.32 bits per heavy atom. The molecule has 0 aliphatic heterocycles. The number of rotatable bonds is 5. The van der Waals surface area contributed by atoms with Crippen LogP contribution in [0, 0.1) is 0 Å². The Morgan fingerprint density at radius 2 is 2.11 bits per heavy atom. The zero-order chi connectivity index (χ0) is 13.9. The van der Waals surface area contributed by atoms with Crippen molar-refractivity contribution in [1.29, 1.82) is 0 Å². The van der Waals surface area contributed by atoms with Gasteiger partial charge >= 0.3 is 0 Å². The molecule has 2 heterocycles. The SMILES string of the molecule is COCCc1nsc(Sc2ncc(C(C)(C)C)s2)n1. The molecule has 0 spiro atoms. The third-order valence-electron chi connectivity index (χ3n) is 2.38. The van der Waals surface area contributed by atoms with Crippen molar-refractivity contribution in [2.24, 2.45) is 0 Å². The first-order valence-electron chi connectivity index (χ1n) is 5.94. The molecule has 0 saturated carbocycles. The average Bonchev–Trinajstić information content (AvgIpc) is 2.95. The minimum atomic E-state index is 0.154. The molecule has 19 heavy (non-hydrogen) atoms. The molecule has 2 aromatic rings. The van der Waals surface area contributed by atoms with Gasteiger partial charge in [-0.15, -0.1) is 11.3 Å². The Kier molecular flexibility index (Phi) is 4.94. The van der Waals surface area contributed by atoms with Crippen LogP contribution in [0.4, 0.5) is 0 Å². The standard InChI is InChI=1S/C12H17N3OS3/c1-12(2,3)8-7-13-10(17-8)18-11-14-9(15-19-11)5-6-16-4/h7H,5-6H2,1-4H3. The first-order chi connectivity index (χ1) is 8.99. The van der Waals surface area contributed by atoms with Crippen LogP contribution in [0.5, 0.6) is 0 Å². The Balaban J connectivity index is 2.01. The fraction of sp³-hybridized carbons (Fsp3) is 0.583. The highest BCUT2D eigenvalue weighted by molar-refractivity contribution is 8.02. The van der Waals surface area contributed by atoms with Gasteiger partial charge in [0.25, 0.3) is 0 Å². The molecular weight excluding hydrogens is 298 g/mol. The van der Waals surface area contributed by atoms with Crippen molar-refractivity contribution in [2.45, 2.75) is 41.3 Å². The van der Waals surface area contributed by atoms with Gasteiger partial charge in [-0.1, -0.05) is 20.8 Å². The molecule has 0 saturated heterocycles. The van der Waals surface area contributed by atoms with Crippen LogP contribution >= 0.6 is 34.6 Å². The maximum absolute atomic E-state index is 5.02. The summed E-state index contributed by atoms with van der Waals surface area (Å²) >= 11 is 4.74. The van der Waals surface area contributed by atoms with E-state index in [0.29, 0.717) is 6.61 Å². The van der Waals surface area contributed by atoms with Gasteiger partial charge in [0, 0.05) is 24.6 Å². The summed E-state index contributed by atoms with van der Waals surface area (Å²) in [5.41, 5.74) is 0.154. The minimum Gasteiger partial charge on any atom is -0.384 e. The summed E-state index contributed by atoms with van der Waals surface area (Å²) in [6.45, 7) is 7.25. The number of thiazole rings is 1. The lowest BCUT2D eigenvalue weighted by atomic mass is 9.96. The third-order valence-corrected chi connectivity index (χ3v) is 5.66. The van der Waals surface area contributed by atoms with Crippen LogP contribution in [0.25, 0.3) is 0 Å². The molecule has 2 aromatic heterocycles. The lowest BCUT2D eigenvalue weighted by Crippen LogP contribution is -2.07. The van der Waals surface area contributed by atoms with Gasteiger partial charge in [-0.3, -0.25) is 0 Å². The third kappa shape index (κ3) is 4.24. The predicted octanol–water partition coefficient (Wildman–Crippen LogP) is 3.63. The first kappa shape index (κ1) is 14.9. The predicted molar refractivity (Wildman–Crippen MR) is 80.4 cm³/mol. The Morgan fingerprint density at radius 3 is 2.74 bits per heavy atom. The van der Waals surface area contributed by atoms with Gasteiger partial charge in [0.2, 0.25) is 0 Å². The zero-order valence-electron chi connectivity index (χ0n) is 11.5. The normalized spacial score (nSPS) is 12.0. The molecule has 0 fully saturated rings. The lowest BCUT2D eigenvalue weighted by Gasteiger charge is -2.14. The summed E-state index contributed by atoms with van der Waals surface area (Å²) in [6, 6.07) is 0. The minimum absolute atomic E-state index is 0.154. The van der Waals surface area contributed by atoms with E-state index in [0.717, 1.165) is 20.9 Å². The molecule has 0 amide bonds. The number of hydrogen-bond donors (Lipinski definition) is 0. The summed E-state index contributed by atoms with van der Waals surface area (Å²) in [4.78, 5) is 10.2. The Bertz CT molecular complexity index is 530. The second-order valence-electron chi connectivity index (χ2n) is 5.06. The van der Waals surface area contributed by atoms with Gasteiger partial charge in [0.1, 0.15) is 5.82 Å². The molecule has 7 heteroatoms. The van der Waals surface area contributed by atoms with E-state index < -0.39 is 0 Å². The van der Waals surface area contributed by atoms with E-state index in [9.17, 15) is 0 Å². The highest BCUT2D eigenvalue weighted by Gasteiger charge is 2.18. The fourth-order valence-corrected chi connectivity index (χ4v) is 4.20. The van der Waals surface area contributed by atoms with Gasteiger partial charge < -0.3 is 4.74 Å². The van der Waals surface area contributed by atoms with Gasteiger partial charge in [-0.25, -0.2) is 9.97 Å². The second kappa shape index (κ2) is 6.30. The summed E-state index contributed by atoms with van der Waals surface area (Å²) in [6.07, 6.45) is 2.72. The van der Waals surface area contributed by atoms with Crippen molar-refractivity contribution >= 4 is 34.6 Å². The average molecular weight is 315 g/mol. The van der Waals surface area contributed by atoms with E-state index in [2.05, 4.69) is 35.1 Å². The van der Waals surface area contributed by atoms with Crippen LogP contribution in [-0.4, -0.2) is 28.1 Å². The van der Waals surface area contributed by atoms with Gasteiger partial charge in [0.15, 0.2) is 8.68 Å². The highest BCUT2D eigenvalue weighted by atomic mass is 32.2. The van der Waals surface area contributed by atoms with Gasteiger partial charge in [0.05, 0.1) is 6.61 Å². The topological polar surface area (TPSA) is 47.9 Å². The molecular formula is C12H17N3OS3. The number of aromatic nitrogens is 3. The molecule has 2 rings (SSSR count). The highest BCUT2D eigenvalue weighted by Crippen LogP contribution is 2.36. The Labute approximate surface area is 125 Å². The summed E-state index contributed by atoms with van der Waals surface area (Å²) in [7, 11) is 1.69. The van der Waals surface area contributed by atoms with E-state index in [1.807, 2.05) is 6.20 Å². The number of nitrogens with zero attached hydrogens (tertiary/aromatic N) is 3. The molecule has 0 bridgehead atoms. The maximum atomic E-state index is 5.02. The van der Waals surface area contributed by atoms with Crippen LogP contribution in [0.1, 0.15) is 31.5 Å². The maximum Gasteiger partial charge on any atom is 0.177 e. The molecule has 0 aliphatic rings. The van der Waals surface area contributed by atoms with E-state index in [1.54, 1.807) is 30.2 Å².